The van der Waals surface area contributed by atoms with Gasteiger partial charge < -0.3 is 15.7 Å². The smallest absolute Gasteiger partial charge is 0.314 e. The average Bonchev–Trinajstić information content (AvgIpc) is 2.63. The van der Waals surface area contributed by atoms with Gasteiger partial charge in [0.1, 0.15) is 0 Å². The van der Waals surface area contributed by atoms with Gasteiger partial charge in [0.2, 0.25) is 0 Å². The summed E-state index contributed by atoms with van der Waals surface area (Å²) >= 11 is 0. The fraction of sp³-hybridized carbons (Fsp3) is 0.650. The number of nitrogens with zero attached hydrogens (tertiary/aromatic N) is 1. The van der Waals surface area contributed by atoms with Gasteiger partial charge in [-0.25, -0.2) is 4.79 Å². The molecular formula is C20H33N3O2. The van der Waals surface area contributed by atoms with E-state index in [4.69, 9.17) is 0 Å². The third-order valence-corrected chi connectivity index (χ3v) is 5.09. The van der Waals surface area contributed by atoms with Crippen LogP contribution in [-0.4, -0.2) is 48.3 Å². The summed E-state index contributed by atoms with van der Waals surface area (Å²) in [5, 5.41) is 15.1. The molecule has 3 N–H and O–H groups in total. The first-order chi connectivity index (χ1) is 11.9. The zero-order chi connectivity index (χ0) is 18.3. The summed E-state index contributed by atoms with van der Waals surface area (Å²) in [5.74, 6) is 0. The van der Waals surface area contributed by atoms with Gasteiger partial charge in [0.25, 0.3) is 0 Å². The van der Waals surface area contributed by atoms with Gasteiger partial charge in [-0.2, -0.15) is 0 Å². The average molecular weight is 348 g/mol. The molecule has 1 aliphatic rings. The van der Waals surface area contributed by atoms with Gasteiger partial charge in [-0.05, 0) is 42.7 Å². The molecule has 1 unspecified atom stereocenters. The Kier molecular flexibility index (Phi) is 7.26. The monoisotopic (exact) mass is 347 g/mol. The molecule has 0 aromatic heterocycles. The summed E-state index contributed by atoms with van der Waals surface area (Å²) in [7, 11) is 0. The van der Waals surface area contributed by atoms with Gasteiger partial charge in [-0.15, -0.1) is 0 Å². The Hall–Kier alpha value is -1.59. The maximum absolute atomic E-state index is 11.9. The van der Waals surface area contributed by atoms with E-state index < -0.39 is 0 Å². The lowest BCUT2D eigenvalue weighted by Gasteiger charge is -2.33. The Morgan fingerprint density at radius 1 is 1.28 bits per heavy atom. The number of hydrogen-bond donors (Lipinski definition) is 3. The van der Waals surface area contributed by atoms with Crippen LogP contribution in [0.1, 0.15) is 44.7 Å². The van der Waals surface area contributed by atoms with E-state index in [0.29, 0.717) is 19.1 Å². The standard InChI is InChI=1S/C20H33N3O2/c1-16(23-12-9-17-7-4-5-8-18(17)14-23)13-22-19(25)21-11-6-10-20(2,3)15-24/h4-5,7-8,16,24H,6,9-15H2,1-3H3,(H2,21,22,25). The van der Waals surface area contributed by atoms with Crippen molar-refractivity contribution in [3.63, 3.8) is 0 Å². The topological polar surface area (TPSA) is 64.6 Å². The minimum atomic E-state index is -0.105. The molecule has 0 fully saturated rings. The van der Waals surface area contributed by atoms with Crippen LogP contribution in [-0.2, 0) is 13.0 Å². The van der Waals surface area contributed by atoms with Gasteiger partial charge in [-0.3, -0.25) is 4.90 Å². The van der Waals surface area contributed by atoms with Crippen molar-refractivity contribution in [2.45, 2.75) is 52.6 Å². The van der Waals surface area contributed by atoms with Gasteiger partial charge in [0.15, 0.2) is 0 Å². The number of benzene rings is 1. The second kappa shape index (κ2) is 9.20. The first-order valence-electron chi connectivity index (χ1n) is 9.35. The van der Waals surface area contributed by atoms with Gasteiger partial charge in [0.05, 0.1) is 0 Å². The fourth-order valence-corrected chi connectivity index (χ4v) is 3.17. The predicted molar refractivity (Wildman–Crippen MR) is 102 cm³/mol. The molecule has 0 aliphatic carbocycles. The van der Waals surface area contributed by atoms with Gasteiger partial charge in [0, 0.05) is 38.8 Å². The molecule has 1 aromatic carbocycles. The minimum Gasteiger partial charge on any atom is -0.396 e. The number of aliphatic hydroxyl groups is 1. The van der Waals surface area contributed by atoms with Crippen molar-refractivity contribution in [1.82, 2.24) is 15.5 Å². The first kappa shape index (κ1) is 19.7. The van der Waals surface area contributed by atoms with Crippen LogP contribution in [0, 0.1) is 5.41 Å². The Balaban J connectivity index is 1.65. The van der Waals surface area contributed by atoms with E-state index in [1.807, 2.05) is 13.8 Å². The molecule has 25 heavy (non-hydrogen) atoms. The molecule has 0 spiro atoms. The number of amides is 2. The van der Waals surface area contributed by atoms with Crippen LogP contribution in [0.15, 0.2) is 24.3 Å². The second-order valence-electron chi connectivity index (χ2n) is 7.90. The minimum absolute atomic E-state index is 0.0722. The van der Waals surface area contributed by atoms with E-state index in [0.717, 1.165) is 32.4 Å². The van der Waals surface area contributed by atoms with Crippen LogP contribution in [0.3, 0.4) is 0 Å². The van der Waals surface area contributed by atoms with Crippen LogP contribution in [0.25, 0.3) is 0 Å². The Morgan fingerprint density at radius 2 is 2.00 bits per heavy atom. The molecule has 1 heterocycles. The molecule has 0 saturated heterocycles. The van der Waals surface area contributed by atoms with Gasteiger partial charge in [-0.1, -0.05) is 38.1 Å². The highest BCUT2D eigenvalue weighted by molar-refractivity contribution is 5.73. The van der Waals surface area contributed by atoms with Crippen LogP contribution in [0.5, 0.6) is 0 Å². The summed E-state index contributed by atoms with van der Waals surface area (Å²) in [5.41, 5.74) is 2.77. The number of urea groups is 1. The number of aliphatic hydroxyl groups excluding tert-OH is 1. The van der Waals surface area contributed by atoms with E-state index in [2.05, 4.69) is 46.7 Å². The molecule has 0 radical (unpaired) electrons. The number of carbonyl (C=O) groups excluding carboxylic acids is 1. The van der Waals surface area contributed by atoms with Gasteiger partial charge >= 0.3 is 6.03 Å². The van der Waals surface area contributed by atoms with E-state index in [-0.39, 0.29) is 18.1 Å². The van der Waals surface area contributed by atoms with E-state index in [1.54, 1.807) is 0 Å². The van der Waals surface area contributed by atoms with E-state index >= 15 is 0 Å². The summed E-state index contributed by atoms with van der Waals surface area (Å²) in [6.45, 7) is 9.69. The summed E-state index contributed by atoms with van der Waals surface area (Å²) in [4.78, 5) is 14.4. The highest BCUT2D eigenvalue weighted by atomic mass is 16.3. The summed E-state index contributed by atoms with van der Waals surface area (Å²) in [6, 6.07) is 8.81. The lowest BCUT2D eigenvalue weighted by Crippen LogP contribution is -2.46. The largest absolute Gasteiger partial charge is 0.396 e. The van der Waals surface area contributed by atoms with Crippen molar-refractivity contribution >= 4 is 6.03 Å². The molecule has 1 aromatic rings. The molecule has 140 valence electrons. The molecule has 1 aliphatic heterocycles. The SMILES string of the molecule is CC(CNC(=O)NCCCC(C)(C)CO)N1CCc2ccccc2C1. The summed E-state index contributed by atoms with van der Waals surface area (Å²) in [6.07, 6.45) is 2.85. The van der Waals surface area contributed by atoms with Crippen molar-refractivity contribution in [1.29, 1.82) is 0 Å². The highest BCUT2D eigenvalue weighted by Crippen LogP contribution is 2.21. The Labute approximate surface area is 151 Å². The molecule has 2 amide bonds. The quantitative estimate of drug-likeness (QED) is 0.633. The molecule has 0 saturated carbocycles. The van der Waals surface area contributed by atoms with Crippen LogP contribution in [0.2, 0.25) is 0 Å². The van der Waals surface area contributed by atoms with Crippen molar-refractivity contribution in [2.24, 2.45) is 5.41 Å². The van der Waals surface area contributed by atoms with E-state index in [9.17, 15) is 9.90 Å². The molecule has 0 bridgehead atoms. The second-order valence-corrected chi connectivity index (χ2v) is 7.90. The molecular weight excluding hydrogens is 314 g/mol. The molecule has 5 nitrogen and oxygen atoms in total. The third-order valence-electron chi connectivity index (χ3n) is 5.09. The van der Waals surface area contributed by atoms with Crippen molar-refractivity contribution in [3.05, 3.63) is 35.4 Å². The first-order valence-corrected chi connectivity index (χ1v) is 9.35. The highest BCUT2D eigenvalue weighted by Gasteiger charge is 2.20. The molecule has 2 rings (SSSR count). The van der Waals surface area contributed by atoms with Crippen molar-refractivity contribution in [3.8, 4) is 0 Å². The maximum atomic E-state index is 11.9. The van der Waals surface area contributed by atoms with Crippen molar-refractivity contribution in [2.75, 3.05) is 26.2 Å². The lowest BCUT2D eigenvalue weighted by molar-refractivity contribution is 0.148. The lowest BCUT2D eigenvalue weighted by atomic mass is 9.89. The zero-order valence-corrected chi connectivity index (χ0v) is 15.8. The normalized spacial score (nSPS) is 16.2. The fourth-order valence-electron chi connectivity index (χ4n) is 3.17. The number of fused-ring (bicyclic) bond motifs is 1. The van der Waals surface area contributed by atoms with E-state index in [1.165, 1.54) is 11.1 Å². The Bertz CT molecular complexity index is 560. The van der Waals surface area contributed by atoms with Crippen LogP contribution in [0.4, 0.5) is 4.79 Å². The van der Waals surface area contributed by atoms with Crippen molar-refractivity contribution < 1.29 is 9.90 Å². The zero-order valence-electron chi connectivity index (χ0n) is 15.8. The van der Waals surface area contributed by atoms with Crippen LogP contribution < -0.4 is 10.6 Å². The predicted octanol–water partition coefficient (Wildman–Crippen LogP) is 2.53. The number of carbonyl (C=O) groups is 1. The Morgan fingerprint density at radius 3 is 2.72 bits per heavy atom. The third kappa shape index (κ3) is 6.33. The van der Waals surface area contributed by atoms with Crippen LogP contribution >= 0.6 is 0 Å². The maximum Gasteiger partial charge on any atom is 0.314 e. The molecule has 5 heteroatoms. The summed E-state index contributed by atoms with van der Waals surface area (Å²) < 4.78 is 0. The number of nitrogens with one attached hydrogen (secondary N) is 2. The number of rotatable bonds is 8. The molecule has 1 atom stereocenters. The number of hydrogen-bond acceptors (Lipinski definition) is 3.